The van der Waals surface area contributed by atoms with E-state index in [4.69, 9.17) is 9.47 Å². The summed E-state index contributed by atoms with van der Waals surface area (Å²) >= 11 is 2.78. The zero-order valence-electron chi connectivity index (χ0n) is 24.6. The first-order valence-corrected chi connectivity index (χ1v) is 15.9. The van der Waals surface area contributed by atoms with Gasteiger partial charge in [0.05, 0.1) is 18.4 Å². The molecule has 1 N–H and O–H groups in total. The number of hydrogen-bond donors (Lipinski definition) is 1. The lowest BCUT2D eigenvalue weighted by Crippen LogP contribution is -2.17. The van der Waals surface area contributed by atoms with E-state index < -0.39 is 5.97 Å². The highest BCUT2D eigenvalue weighted by Gasteiger charge is 2.26. The number of nitrogens with one attached hydrogen (secondary N) is 1. The van der Waals surface area contributed by atoms with Crippen molar-refractivity contribution in [2.45, 2.75) is 89.4 Å². The molecule has 2 aromatic heterocycles. The molecule has 0 aliphatic heterocycles. The minimum absolute atomic E-state index is 0.0647. The highest BCUT2D eigenvalue weighted by molar-refractivity contribution is 7.99. The van der Waals surface area contributed by atoms with E-state index in [0.717, 1.165) is 43.4 Å². The van der Waals surface area contributed by atoms with Crippen LogP contribution in [0.3, 0.4) is 0 Å². The molecule has 0 saturated carbocycles. The van der Waals surface area contributed by atoms with Crippen molar-refractivity contribution in [3.05, 3.63) is 64.3 Å². The predicted molar refractivity (Wildman–Crippen MR) is 165 cm³/mol. The predicted octanol–water partition coefficient (Wildman–Crippen LogP) is 7.14. The normalized spacial score (nSPS) is 14.4. The summed E-state index contributed by atoms with van der Waals surface area (Å²) in [6.07, 6.45) is 7.60. The number of thiophene rings is 1. The smallest absolute Gasteiger partial charge is 0.341 e. The van der Waals surface area contributed by atoms with Crippen LogP contribution in [0.2, 0.25) is 0 Å². The molecule has 1 atom stereocenters. The van der Waals surface area contributed by atoms with Gasteiger partial charge in [-0.1, -0.05) is 63.6 Å². The standard InChI is InChI=1S/C31H40N4O4S2/c1-7-18-35-27(20(2)39-22-16-14-21(15-17-22)31(3,4)5)33-34-30(35)40-19-25(36)32-28-26(29(37)38-6)23-12-10-8-9-11-13-24(23)41-28/h7,14-17,20H,1,8-13,18-19H2,2-6H3,(H,32,36). The lowest BCUT2D eigenvalue weighted by molar-refractivity contribution is -0.113. The molecule has 0 spiro atoms. The molecule has 0 bridgehead atoms. The molecule has 1 aromatic carbocycles. The second-order valence-electron chi connectivity index (χ2n) is 11.2. The Balaban J connectivity index is 1.45. The number of nitrogens with zero attached hydrogens (tertiary/aromatic N) is 3. The first-order chi connectivity index (χ1) is 19.6. The van der Waals surface area contributed by atoms with Gasteiger partial charge in [-0.25, -0.2) is 4.79 Å². The average molecular weight is 597 g/mol. The number of amides is 1. The molecule has 0 fully saturated rings. The van der Waals surface area contributed by atoms with Crippen LogP contribution in [0.4, 0.5) is 5.00 Å². The Morgan fingerprint density at radius 1 is 1.15 bits per heavy atom. The molecular weight excluding hydrogens is 556 g/mol. The van der Waals surface area contributed by atoms with Crippen molar-refractivity contribution in [2.24, 2.45) is 0 Å². The Morgan fingerprint density at radius 3 is 2.51 bits per heavy atom. The van der Waals surface area contributed by atoms with Gasteiger partial charge in [-0.2, -0.15) is 0 Å². The van der Waals surface area contributed by atoms with E-state index >= 15 is 0 Å². The van der Waals surface area contributed by atoms with Gasteiger partial charge < -0.3 is 14.8 Å². The summed E-state index contributed by atoms with van der Waals surface area (Å²) in [5, 5.41) is 12.9. The van der Waals surface area contributed by atoms with E-state index in [0.29, 0.717) is 28.1 Å². The Hall–Kier alpha value is -3.11. The molecule has 2 heterocycles. The maximum absolute atomic E-state index is 13.1. The zero-order valence-corrected chi connectivity index (χ0v) is 26.3. The molecule has 8 nitrogen and oxygen atoms in total. The summed E-state index contributed by atoms with van der Waals surface area (Å²) in [5.74, 6) is 0.898. The zero-order chi connectivity index (χ0) is 29.6. The fourth-order valence-electron chi connectivity index (χ4n) is 4.92. The molecule has 1 amide bonds. The summed E-state index contributed by atoms with van der Waals surface area (Å²) in [6.45, 7) is 12.8. The molecule has 220 valence electrons. The molecule has 0 radical (unpaired) electrons. The molecular formula is C31H40N4O4S2. The van der Waals surface area contributed by atoms with Crippen LogP contribution in [-0.2, 0) is 34.3 Å². The highest BCUT2D eigenvalue weighted by Crippen LogP contribution is 2.38. The van der Waals surface area contributed by atoms with Gasteiger partial charge in [0, 0.05) is 11.4 Å². The molecule has 0 saturated heterocycles. The number of esters is 1. The number of aryl methyl sites for hydroxylation is 1. The first kappa shape index (κ1) is 30.8. The molecule has 4 rings (SSSR count). The first-order valence-electron chi connectivity index (χ1n) is 14.1. The third-order valence-electron chi connectivity index (χ3n) is 7.10. The van der Waals surface area contributed by atoms with Crippen molar-refractivity contribution in [3.63, 3.8) is 0 Å². The number of anilines is 1. The van der Waals surface area contributed by atoms with Gasteiger partial charge in [-0.05, 0) is 61.3 Å². The van der Waals surface area contributed by atoms with Gasteiger partial charge in [-0.3, -0.25) is 9.36 Å². The Labute approximate surface area is 250 Å². The monoisotopic (exact) mass is 596 g/mol. The maximum atomic E-state index is 13.1. The number of carbonyl (C=O) groups is 2. The van der Waals surface area contributed by atoms with E-state index in [1.165, 1.54) is 47.1 Å². The van der Waals surface area contributed by atoms with Crippen LogP contribution in [0.25, 0.3) is 0 Å². The maximum Gasteiger partial charge on any atom is 0.341 e. The molecule has 10 heteroatoms. The fraction of sp³-hybridized carbons (Fsp3) is 0.484. The van der Waals surface area contributed by atoms with E-state index in [2.05, 4.69) is 55.0 Å². The number of ether oxygens (including phenoxy) is 2. The van der Waals surface area contributed by atoms with Crippen molar-refractivity contribution < 1.29 is 19.1 Å². The number of fused-ring (bicyclic) bond motifs is 1. The summed E-state index contributed by atoms with van der Waals surface area (Å²) < 4.78 is 13.2. The van der Waals surface area contributed by atoms with Gasteiger partial charge in [-0.15, -0.1) is 28.1 Å². The number of aromatic nitrogens is 3. The number of allylic oxidation sites excluding steroid dienone is 1. The van der Waals surface area contributed by atoms with Gasteiger partial charge >= 0.3 is 5.97 Å². The minimum Gasteiger partial charge on any atom is -0.483 e. The number of thioether (sulfide) groups is 1. The number of carbonyl (C=O) groups excluding carboxylic acids is 2. The van der Waals surface area contributed by atoms with Crippen molar-refractivity contribution in [1.29, 1.82) is 0 Å². The third kappa shape index (κ3) is 7.60. The van der Waals surface area contributed by atoms with Crippen LogP contribution in [0.15, 0.2) is 42.1 Å². The van der Waals surface area contributed by atoms with Crippen molar-refractivity contribution in [3.8, 4) is 5.75 Å². The van der Waals surface area contributed by atoms with E-state index in [1.807, 2.05) is 23.6 Å². The van der Waals surface area contributed by atoms with Gasteiger partial charge in [0.25, 0.3) is 0 Å². The van der Waals surface area contributed by atoms with Gasteiger partial charge in [0.2, 0.25) is 5.91 Å². The molecule has 1 aliphatic rings. The SMILES string of the molecule is C=CCn1c(SCC(=O)Nc2sc3c(c2C(=O)OC)CCCCCC3)nnc1C(C)Oc1ccc(C(C)(C)C)cc1. The van der Waals surface area contributed by atoms with Crippen molar-refractivity contribution in [2.75, 3.05) is 18.2 Å². The second-order valence-corrected chi connectivity index (χ2v) is 13.3. The molecule has 1 unspecified atom stereocenters. The largest absolute Gasteiger partial charge is 0.483 e. The summed E-state index contributed by atoms with van der Waals surface area (Å²) in [6, 6.07) is 8.10. The quantitative estimate of drug-likeness (QED) is 0.151. The summed E-state index contributed by atoms with van der Waals surface area (Å²) in [4.78, 5) is 26.9. The number of rotatable bonds is 10. The number of benzene rings is 1. The van der Waals surface area contributed by atoms with Crippen molar-refractivity contribution in [1.82, 2.24) is 14.8 Å². The lowest BCUT2D eigenvalue weighted by Gasteiger charge is -2.20. The Morgan fingerprint density at radius 2 is 1.85 bits per heavy atom. The van der Waals surface area contributed by atoms with Crippen LogP contribution in [0.1, 0.15) is 91.7 Å². The van der Waals surface area contributed by atoms with E-state index in [9.17, 15) is 9.59 Å². The van der Waals surface area contributed by atoms with Crippen LogP contribution >= 0.6 is 23.1 Å². The Kier molecular flexibility index (Phi) is 10.3. The van der Waals surface area contributed by atoms with E-state index in [-0.39, 0.29) is 23.2 Å². The van der Waals surface area contributed by atoms with E-state index in [1.54, 1.807) is 6.08 Å². The Bertz CT molecular complexity index is 1370. The topological polar surface area (TPSA) is 95.3 Å². The number of methoxy groups -OCH3 is 1. The third-order valence-corrected chi connectivity index (χ3v) is 9.27. The summed E-state index contributed by atoms with van der Waals surface area (Å²) in [7, 11) is 1.38. The highest BCUT2D eigenvalue weighted by atomic mass is 32.2. The molecule has 1 aliphatic carbocycles. The molecule has 3 aromatic rings. The van der Waals surface area contributed by atoms with Crippen molar-refractivity contribution >= 4 is 40.0 Å². The average Bonchev–Trinajstić information content (AvgIpc) is 3.47. The fourth-order valence-corrected chi connectivity index (χ4v) is 6.97. The van der Waals surface area contributed by atoms with Gasteiger partial charge in [0.1, 0.15) is 10.8 Å². The van der Waals surface area contributed by atoms with Crippen LogP contribution in [-0.4, -0.2) is 39.5 Å². The van der Waals surface area contributed by atoms with Crippen LogP contribution in [0.5, 0.6) is 5.75 Å². The second kappa shape index (κ2) is 13.7. The van der Waals surface area contributed by atoms with Gasteiger partial charge in [0.15, 0.2) is 17.1 Å². The van der Waals surface area contributed by atoms with Crippen LogP contribution < -0.4 is 10.1 Å². The lowest BCUT2D eigenvalue weighted by atomic mass is 9.87. The summed E-state index contributed by atoms with van der Waals surface area (Å²) in [5.41, 5.74) is 2.83. The number of hydrogen-bond acceptors (Lipinski definition) is 8. The minimum atomic E-state index is -0.400. The molecule has 41 heavy (non-hydrogen) atoms. The van der Waals surface area contributed by atoms with Crippen LogP contribution in [0, 0.1) is 0 Å².